The minimum absolute atomic E-state index is 0.189. The first-order valence-electron chi connectivity index (χ1n) is 8.80. The van der Waals surface area contributed by atoms with Crippen LogP contribution in [0.2, 0.25) is 0 Å². The van der Waals surface area contributed by atoms with E-state index in [1.807, 2.05) is 18.4 Å². The maximum absolute atomic E-state index is 12.9. The van der Waals surface area contributed by atoms with E-state index in [0.717, 1.165) is 24.1 Å². The minimum atomic E-state index is -0.584. The number of amides is 1. The molecule has 0 unspecified atom stereocenters. The number of aryl methyl sites for hydroxylation is 2. The monoisotopic (exact) mass is 370 g/mol. The number of carbonyl (C=O) groups is 1. The Kier molecular flexibility index (Phi) is 5.42. The summed E-state index contributed by atoms with van der Waals surface area (Å²) in [6, 6.07) is 8.92. The van der Waals surface area contributed by atoms with Crippen molar-refractivity contribution in [1.29, 1.82) is 0 Å². The molecule has 2 heterocycles. The Hall–Kier alpha value is -2.60. The number of pyridine rings is 1. The van der Waals surface area contributed by atoms with Gasteiger partial charge < -0.3 is 15.0 Å². The summed E-state index contributed by atoms with van der Waals surface area (Å²) in [5.41, 5.74) is 0.647. The van der Waals surface area contributed by atoms with Crippen molar-refractivity contribution in [2.75, 3.05) is 5.32 Å². The van der Waals surface area contributed by atoms with Crippen LogP contribution in [0.3, 0.4) is 0 Å². The molecule has 136 valence electrons. The molecule has 0 bridgehead atoms. The molecule has 0 saturated heterocycles. The van der Waals surface area contributed by atoms with Crippen LogP contribution >= 0.6 is 11.3 Å². The molecule has 1 aromatic carbocycles. The summed E-state index contributed by atoms with van der Waals surface area (Å²) in [5, 5.41) is 16.0. The summed E-state index contributed by atoms with van der Waals surface area (Å²) in [7, 11) is 0. The first kappa shape index (κ1) is 18.2. The fraction of sp³-hybridized carbons (Fsp3) is 0.300. The fourth-order valence-electron chi connectivity index (χ4n) is 3.09. The Morgan fingerprint density at radius 1 is 1.19 bits per heavy atom. The third-order valence-corrected chi connectivity index (χ3v) is 5.29. The fourth-order valence-corrected chi connectivity index (χ4v) is 4.23. The highest BCUT2D eigenvalue weighted by atomic mass is 32.1. The maximum Gasteiger partial charge on any atom is 0.267 e. The number of fused-ring (bicyclic) bond motifs is 1. The van der Waals surface area contributed by atoms with Crippen molar-refractivity contribution in [3.05, 3.63) is 56.5 Å². The Bertz CT molecular complexity index is 990. The zero-order valence-electron chi connectivity index (χ0n) is 14.9. The second-order valence-corrected chi connectivity index (χ2v) is 7.13. The van der Waals surface area contributed by atoms with Gasteiger partial charge in [-0.25, -0.2) is 0 Å². The molecule has 26 heavy (non-hydrogen) atoms. The minimum Gasteiger partial charge on any atom is -0.506 e. The molecule has 0 saturated carbocycles. The summed E-state index contributed by atoms with van der Waals surface area (Å²) >= 11 is 1.52. The van der Waals surface area contributed by atoms with E-state index in [9.17, 15) is 14.7 Å². The molecule has 6 heteroatoms. The smallest absolute Gasteiger partial charge is 0.267 e. The van der Waals surface area contributed by atoms with Crippen LogP contribution in [-0.2, 0) is 13.0 Å². The third-order valence-electron chi connectivity index (χ3n) is 4.25. The largest absolute Gasteiger partial charge is 0.506 e. The molecular weight excluding hydrogens is 348 g/mol. The number of nitrogens with zero attached hydrogens (tertiary/aromatic N) is 1. The van der Waals surface area contributed by atoms with Gasteiger partial charge in [-0.1, -0.05) is 38.5 Å². The van der Waals surface area contributed by atoms with Gasteiger partial charge in [-0.2, -0.15) is 0 Å². The third kappa shape index (κ3) is 3.24. The van der Waals surface area contributed by atoms with Crippen molar-refractivity contribution in [2.45, 2.75) is 39.7 Å². The predicted octanol–water partition coefficient (Wildman–Crippen LogP) is 4.38. The summed E-state index contributed by atoms with van der Waals surface area (Å²) < 4.78 is 1.60. The van der Waals surface area contributed by atoms with Gasteiger partial charge in [0.1, 0.15) is 11.3 Å². The number of rotatable bonds is 6. The quantitative estimate of drug-likeness (QED) is 0.676. The van der Waals surface area contributed by atoms with Gasteiger partial charge in [0.2, 0.25) is 0 Å². The van der Waals surface area contributed by atoms with E-state index in [2.05, 4.69) is 12.2 Å². The summed E-state index contributed by atoms with van der Waals surface area (Å²) in [6.07, 6.45) is 2.48. The summed E-state index contributed by atoms with van der Waals surface area (Å²) in [5.74, 6) is -0.797. The highest BCUT2D eigenvalue weighted by molar-refractivity contribution is 7.11. The second kappa shape index (κ2) is 7.74. The van der Waals surface area contributed by atoms with E-state index < -0.39 is 11.5 Å². The van der Waals surface area contributed by atoms with Gasteiger partial charge in [-0.3, -0.25) is 9.59 Å². The van der Waals surface area contributed by atoms with Crippen molar-refractivity contribution < 1.29 is 9.90 Å². The highest BCUT2D eigenvalue weighted by Gasteiger charge is 2.24. The molecule has 0 atom stereocenters. The lowest BCUT2D eigenvalue weighted by molar-refractivity contribution is 0.102. The van der Waals surface area contributed by atoms with Crippen LogP contribution in [-0.4, -0.2) is 15.6 Å². The number of carbonyl (C=O) groups excluding carboxylic acids is 1. The lowest BCUT2D eigenvalue weighted by atomic mass is 10.1. The molecule has 0 aliphatic heterocycles. The predicted molar refractivity (Wildman–Crippen MR) is 106 cm³/mol. The van der Waals surface area contributed by atoms with Crippen LogP contribution < -0.4 is 10.9 Å². The molecule has 1 amide bonds. The SMILES string of the molecule is CCCc1scc2c1c(O)c(C(=O)Nc1ccccc1)c(=O)n2CCC. The zero-order chi connectivity index (χ0) is 18.7. The number of para-hydroxylation sites is 1. The number of hydrogen-bond donors (Lipinski definition) is 2. The van der Waals surface area contributed by atoms with Gasteiger partial charge in [0, 0.05) is 22.5 Å². The number of hydrogen-bond acceptors (Lipinski definition) is 4. The highest BCUT2D eigenvalue weighted by Crippen LogP contribution is 2.35. The van der Waals surface area contributed by atoms with Crippen LogP contribution in [0.1, 0.15) is 41.9 Å². The molecule has 3 aromatic rings. The molecule has 2 aromatic heterocycles. The van der Waals surface area contributed by atoms with E-state index in [4.69, 9.17) is 0 Å². The van der Waals surface area contributed by atoms with Gasteiger partial charge in [0.15, 0.2) is 0 Å². The second-order valence-electron chi connectivity index (χ2n) is 6.17. The van der Waals surface area contributed by atoms with Crippen molar-refractivity contribution in [2.24, 2.45) is 0 Å². The molecule has 3 rings (SSSR count). The van der Waals surface area contributed by atoms with E-state index in [0.29, 0.717) is 23.1 Å². The van der Waals surface area contributed by atoms with E-state index in [-0.39, 0.29) is 11.3 Å². The van der Waals surface area contributed by atoms with Gasteiger partial charge >= 0.3 is 0 Å². The van der Waals surface area contributed by atoms with Crippen molar-refractivity contribution in [1.82, 2.24) is 4.57 Å². The lowest BCUT2D eigenvalue weighted by Crippen LogP contribution is -2.29. The van der Waals surface area contributed by atoms with Crippen LogP contribution in [0, 0.1) is 0 Å². The molecule has 0 aliphatic carbocycles. The molecular formula is C20H22N2O3S. The lowest BCUT2D eigenvalue weighted by Gasteiger charge is -2.13. The number of anilines is 1. The number of thiophene rings is 1. The van der Waals surface area contributed by atoms with E-state index in [1.165, 1.54) is 11.3 Å². The number of nitrogens with one attached hydrogen (secondary N) is 1. The van der Waals surface area contributed by atoms with Gasteiger partial charge in [0.05, 0.1) is 10.9 Å². The number of aromatic nitrogens is 1. The Morgan fingerprint density at radius 2 is 1.92 bits per heavy atom. The average molecular weight is 370 g/mol. The molecule has 0 aliphatic rings. The van der Waals surface area contributed by atoms with E-state index >= 15 is 0 Å². The molecule has 0 fully saturated rings. The zero-order valence-corrected chi connectivity index (χ0v) is 15.7. The van der Waals surface area contributed by atoms with Gasteiger partial charge in [-0.15, -0.1) is 11.3 Å². The van der Waals surface area contributed by atoms with Crippen LogP contribution in [0.15, 0.2) is 40.5 Å². The molecule has 2 N–H and O–H groups in total. The van der Waals surface area contributed by atoms with Crippen molar-refractivity contribution in [3.63, 3.8) is 0 Å². The van der Waals surface area contributed by atoms with Gasteiger partial charge in [0.25, 0.3) is 11.5 Å². The normalized spacial score (nSPS) is 11.0. The maximum atomic E-state index is 12.9. The Balaban J connectivity index is 2.18. The molecule has 5 nitrogen and oxygen atoms in total. The molecule has 0 spiro atoms. The van der Waals surface area contributed by atoms with E-state index in [1.54, 1.807) is 28.8 Å². The Morgan fingerprint density at radius 3 is 2.58 bits per heavy atom. The summed E-state index contributed by atoms with van der Waals surface area (Å²) in [6.45, 7) is 4.55. The first-order valence-corrected chi connectivity index (χ1v) is 9.68. The van der Waals surface area contributed by atoms with Crippen LogP contribution in [0.5, 0.6) is 5.75 Å². The summed E-state index contributed by atoms with van der Waals surface area (Å²) in [4.78, 5) is 26.7. The van der Waals surface area contributed by atoms with Crippen molar-refractivity contribution in [3.8, 4) is 5.75 Å². The van der Waals surface area contributed by atoms with Crippen LogP contribution in [0.25, 0.3) is 10.9 Å². The van der Waals surface area contributed by atoms with Crippen molar-refractivity contribution >= 4 is 33.8 Å². The number of aromatic hydroxyl groups is 1. The average Bonchev–Trinajstić information content (AvgIpc) is 3.04. The Labute approximate surface area is 155 Å². The number of benzene rings is 1. The molecule has 0 radical (unpaired) electrons. The van der Waals surface area contributed by atoms with Gasteiger partial charge in [-0.05, 0) is 25.0 Å². The topological polar surface area (TPSA) is 71.3 Å². The first-order chi connectivity index (χ1) is 12.6. The standard InChI is InChI=1S/C20H22N2O3S/c1-3-8-15-16-14(12-26-15)22(11-4-2)20(25)17(18(16)23)19(24)21-13-9-6-5-7-10-13/h5-7,9-10,12,23H,3-4,8,11H2,1-2H3,(H,21,24). The van der Waals surface area contributed by atoms with Crippen LogP contribution in [0.4, 0.5) is 5.69 Å².